The lowest BCUT2D eigenvalue weighted by atomic mass is 9.90. The van der Waals surface area contributed by atoms with E-state index in [-0.39, 0.29) is 12.8 Å². The van der Waals surface area contributed by atoms with Crippen molar-refractivity contribution in [3.63, 3.8) is 0 Å². The molecule has 0 aromatic rings. The topological polar surface area (TPSA) is 86.7 Å². The lowest BCUT2D eigenvalue weighted by molar-refractivity contribution is -0.163. The van der Waals surface area contributed by atoms with E-state index in [2.05, 4.69) is 9.47 Å². The van der Waals surface area contributed by atoms with Crippen molar-refractivity contribution in [2.45, 2.75) is 12.8 Å². The van der Waals surface area contributed by atoms with Gasteiger partial charge in [-0.1, -0.05) is 0 Å². The molecule has 0 spiro atoms. The van der Waals surface area contributed by atoms with Crippen LogP contribution in [0.25, 0.3) is 0 Å². The van der Waals surface area contributed by atoms with Crippen LogP contribution in [0.2, 0.25) is 0 Å². The van der Waals surface area contributed by atoms with Crippen LogP contribution in [0.3, 0.4) is 0 Å². The van der Waals surface area contributed by atoms with Crippen molar-refractivity contribution < 1.29 is 28.7 Å². The first kappa shape index (κ1) is 8.86. The maximum atomic E-state index is 11.1. The molecule has 14 heavy (non-hydrogen) atoms. The summed E-state index contributed by atoms with van der Waals surface area (Å²) in [4.78, 5) is 44.0. The van der Waals surface area contributed by atoms with Crippen molar-refractivity contribution in [1.82, 2.24) is 0 Å². The third-order valence-electron chi connectivity index (χ3n) is 2.29. The number of esters is 4. The minimum atomic E-state index is -0.846. The minimum absolute atomic E-state index is 0.263. The van der Waals surface area contributed by atoms with Crippen molar-refractivity contribution in [2.24, 2.45) is 11.8 Å². The first-order chi connectivity index (χ1) is 6.58. The van der Waals surface area contributed by atoms with E-state index in [1.54, 1.807) is 0 Å². The van der Waals surface area contributed by atoms with Gasteiger partial charge in [0.25, 0.3) is 0 Å². The summed E-state index contributed by atoms with van der Waals surface area (Å²) in [5.41, 5.74) is 0. The van der Waals surface area contributed by atoms with Gasteiger partial charge in [-0.2, -0.15) is 0 Å². The smallest absolute Gasteiger partial charge is 0.318 e. The van der Waals surface area contributed by atoms with Gasteiger partial charge in [0.2, 0.25) is 0 Å². The molecule has 0 amide bonds. The van der Waals surface area contributed by atoms with Gasteiger partial charge < -0.3 is 9.47 Å². The number of hydrogen-bond donors (Lipinski definition) is 0. The maximum Gasteiger partial charge on any atom is 0.318 e. The summed E-state index contributed by atoms with van der Waals surface area (Å²) in [6.45, 7) is 0. The van der Waals surface area contributed by atoms with Crippen molar-refractivity contribution in [3.05, 3.63) is 0 Å². The Morgan fingerprint density at radius 2 is 1.21 bits per heavy atom. The molecule has 0 radical (unpaired) electrons. The van der Waals surface area contributed by atoms with Gasteiger partial charge in [-0.25, -0.2) is 0 Å². The summed E-state index contributed by atoms with van der Waals surface area (Å²) in [6.07, 6.45) is -0.526. The summed E-state index contributed by atoms with van der Waals surface area (Å²) in [5, 5.41) is 0. The molecule has 2 heterocycles. The molecule has 2 aliphatic heterocycles. The number of cyclic esters (lactones) is 4. The number of rotatable bonds is 0. The molecule has 0 aromatic carbocycles. The van der Waals surface area contributed by atoms with E-state index in [1.165, 1.54) is 0 Å². The monoisotopic (exact) mass is 198 g/mol. The molecule has 2 rings (SSSR count). The summed E-state index contributed by atoms with van der Waals surface area (Å²) >= 11 is 0. The van der Waals surface area contributed by atoms with E-state index in [4.69, 9.17) is 0 Å². The molecule has 6 nitrogen and oxygen atoms in total. The van der Waals surface area contributed by atoms with Gasteiger partial charge in [0.15, 0.2) is 0 Å². The van der Waals surface area contributed by atoms with Crippen LogP contribution in [0.15, 0.2) is 0 Å². The highest BCUT2D eigenvalue weighted by Gasteiger charge is 2.48. The third-order valence-corrected chi connectivity index (χ3v) is 2.29. The van der Waals surface area contributed by atoms with Crippen LogP contribution in [0.5, 0.6) is 0 Å². The standard InChI is InChI=1S/C8H6O6/c9-5-1-3-4(2-6(10)13-5)8(12)14-7(3)11/h3-4H,1-2H2. The highest BCUT2D eigenvalue weighted by Crippen LogP contribution is 2.32. The number of hydrogen-bond acceptors (Lipinski definition) is 6. The van der Waals surface area contributed by atoms with E-state index in [1.807, 2.05) is 0 Å². The van der Waals surface area contributed by atoms with E-state index in [9.17, 15) is 19.2 Å². The zero-order valence-corrected chi connectivity index (χ0v) is 7.02. The molecular formula is C8H6O6. The summed E-state index contributed by atoms with van der Waals surface area (Å²) in [6, 6.07) is 0. The normalized spacial score (nSPS) is 32.0. The molecular weight excluding hydrogens is 192 g/mol. The Bertz CT molecular complexity index is 312. The van der Waals surface area contributed by atoms with Gasteiger partial charge in [-0.05, 0) is 0 Å². The van der Waals surface area contributed by atoms with Crippen LogP contribution in [-0.4, -0.2) is 23.9 Å². The summed E-state index contributed by atoms with van der Waals surface area (Å²) in [7, 11) is 0. The predicted molar refractivity (Wildman–Crippen MR) is 38.4 cm³/mol. The van der Waals surface area contributed by atoms with Gasteiger partial charge >= 0.3 is 23.9 Å². The van der Waals surface area contributed by atoms with Gasteiger partial charge in [0.05, 0.1) is 24.7 Å². The van der Waals surface area contributed by atoms with E-state index < -0.39 is 35.7 Å². The molecule has 0 aromatic heterocycles. The van der Waals surface area contributed by atoms with E-state index in [0.29, 0.717) is 0 Å². The van der Waals surface area contributed by atoms with Crippen molar-refractivity contribution in [1.29, 1.82) is 0 Å². The van der Waals surface area contributed by atoms with Crippen LogP contribution >= 0.6 is 0 Å². The molecule has 74 valence electrons. The Morgan fingerprint density at radius 3 is 1.64 bits per heavy atom. The second kappa shape index (κ2) is 2.90. The number of carbonyl (C=O) groups excluding carboxylic acids is 4. The molecule has 0 N–H and O–H groups in total. The van der Waals surface area contributed by atoms with Gasteiger partial charge in [-0.15, -0.1) is 0 Å². The Kier molecular flexibility index (Phi) is 1.83. The molecule has 2 saturated heterocycles. The predicted octanol–water partition coefficient (Wildman–Crippen LogP) is -0.834. The van der Waals surface area contributed by atoms with Crippen molar-refractivity contribution in [2.75, 3.05) is 0 Å². The van der Waals surface area contributed by atoms with E-state index in [0.717, 1.165) is 0 Å². The molecule has 2 unspecified atom stereocenters. The number of fused-ring (bicyclic) bond motifs is 1. The quantitative estimate of drug-likeness (QED) is 0.372. The lowest BCUT2D eigenvalue weighted by Gasteiger charge is -2.03. The number of ether oxygens (including phenoxy) is 2. The highest BCUT2D eigenvalue weighted by atomic mass is 16.6. The average molecular weight is 198 g/mol. The largest absolute Gasteiger partial charge is 0.393 e. The summed E-state index contributed by atoms with van der Waals surface area (Å²) in [5.74, 6) is -4.75. The first-order valence-electron chi connectivity index (χ1n) is 4.07. The average Bonchev–Trinajstić information content (AvgIpc) is 2.30. The van der Waals surface area contributed by atoms with Crippen molar-refractivity contribution >= 4 is 23.9 Å². The molecule has 0 bridgehead atoms. The van der Waals surface area contributed by atoms with Crippen LogP contribution in [0.4, 0.5) is 0 Å². The second-order valence-electron chi connectivity index (χ2n) is 3.21. The van der Waals surface area contributed by atoms with Gasteiger partial charge in [0.1, 0.15) is 0 Å². The zero-order chi connectivity index (χ0) is 10.3. The maximum absolute atomic E-state index is 11.1. The fourth-order valence-corrected chi connectivity index (χ4v) is 1.60. The Morgan fingerprint density at radius 1 is 0.786 bits per heavy atom. The van der Waals surface area contributed by atoms with Crippen LogP contribution in [-0.2, 0) is 28.7 Å². The highest BCUT2D eigenvalue weighted by molar-refractivity contribution is 6.02. The van der Waals surface area contributed by atoms with Crippen LogP contribution in [0.1, 0.15) is 12.8 Å². The van der Waals surface area contributed by atoms with Gasteiger partial charge in [0, 0.05) is 0 Å². The molecule has 2 fully saturated rings. The Balaban J connectivity index is 2.29. The minimum Gasteiger partial charge on any atom is -0.393 e. The third kappa shape index (κ3) is 1.28. The molecule has 0 aliphatic carbocycles. The Labute approximate surface area is 78.2 Å². The van der Waals surface area contributed by atoms with Gasteiger partial charge in [-0.3, -0.25) is 19.2 Å². The molecule has 0 saturated carbocycles. The molecule has 2 atom stereocenters. The fraction of sp³-hybridized carbons (Fsp3) is 0.500. The fourth-order valence-electron chi connectivity index (χ4n) is 1.60. The van der Waals surface area contributed by atoms with E-state index >= 15 is 0 Å². The second-order valence-corrected chi connectivity index (χ2v) is 3.21. The molecule has 6 heteroatoms. The van der Waals surface area contributed by atoms with Crippen LogP contribution in [0, 0.1) is 11.8 Å². The zero-order valence-electron chi connectivity index (χ0n) is 7.02. The Hall–Kier alpha value is -1.72. The SMILES string of the molecule is O=C1CC2C(=O)OC(=O)C2CC(=O)O1. The first-order valence-corrected chi connectivity index (χ1v) is 4.07. The number of carbonyl (C=O) groups is 4. The lowest BCUT2D eigenvalue weighted by Crippen LogP contribution is -2.18. The molecule has 2 aliphatic rings. The van der Waals surface area contributed by atoms with Crippen molar-refractivity contribution in [3.8, 4) is 0 Å². The summed E-state index contributed by atoms with van der Waals surface area (Å²) < 4.78 is 8.63. The van der Waals surface area contributed by atoms with Crippen LogP contribution < -0.4 is 0 Å².